The highest BCUT2D eigenvalue weighted by molar-refractivity contribution is 6.30. The molecule has 0 saturated carbocycles. The van der Waals surface area contributed by atoms with Crippen molar-refractivity contribution in [3.8, 4) is 0 Å². The van der Waals surface area contributed by atoms with E-state index in [-0.39, 0.29) is 11.7 Å². The summed E-state index contributed by atoms with van der Waals surface area (Å²) in [5.74, 6) is 0. The van der Waals surface area contributed by atoms with Crippen LogP contribution in [0.1, 0.15) is 11.7 Å². The lowest BCUT2D eigenvalue weighted by atomic mass is 10.0. The van der Waals surface area contributed by atoms with Gasteiger partial charge in [0.25, 0.3) is 0 Å². The van der Waals surface area contributed by atoms with E-state index in [2.05, 4.69) is 15.0 Å². The molecule has 0 amide bonds. The Hall–Kier alpha value is -1.85. The van der Waals surface area contributed by atoms with Crippen LogP contribution in [0.3, 0.4) is 0 Å². The molecular formula is C12H11ClN4O2. The van der Waals surface area contributed by atoms with Crippen molar-refractivity contribution in [2.75, 3.05) is 6.54 Å². The molecule has 0 bridgehead atoms. The fraction of sp³-hybridized carbons (Fsp3) is 0.250. The first-order valence-electron chi connectivity index (χ1n) is 5.55. The number of fused-ring (bicyclic) bond motifs is 1. The Bertz CT molecular complexity index is 643. The summed E-state index contributed by atoms with van der Waals surface area (Å²) in [4.78, 5) is 6.68. The van der Waals surface area contributed by atoms with E-state index in [1.54, 1.807) is 12.1 Å². The van der Waals surface area contributed by atoms with E-state index < -0.39 is 12.2 Å². The quantitative estimate of drug-likeness (QED) is 0.389. The molecule has 7 heteroatoms. The molecule has 1 aromatic carbocycles. The minimum Gasteiger partial charge on any atom is -0.390 e. The number of para-hydroxylation sites is 1. The minimum absolute atomic E-state index is 0.117. The number of benzene rings is 1. The van der Waals surface area contributed by atoms with Crippen molar-refractivity contribution in [2.24, 2.45) is 5.11 Å². The van der Waals surface area contributed by atoms with Crippen molar-refractivity contribution in [1.29, 1.82) is 0 Å². The number of halogens is 1. The largest absolute Gasteiger partial charge is 0.390 e. The molecule has 0 saturated heterocycles. The molecule has 98 valence electrons. The van der Waals surface area contributed by atoms with Crippen molar-refractivity contribution < 1.29 is 10.2 Å². The Morgan fingerprint density at radius 2 is 2.11 bits per heavy atom. The first kappa shape index (κ1) is 13.6. The van der Waals surface area contributed by atoms with Gasteiger partial charge in [0.2, 0.25) is 0 Å². The summed E-state index contributed by atoms with van der Waals surface area (Å²) in [6.07, 6.45) is -2.48. The van der Waals surface area contributed by atoms with Gasteiger partial charge in [-0.05, 0) is 17.7 Å². The van der Waals surface area contributed by atoms with Gasteiger partial charge in [0.15, 0.2) is 0 Å². The van der Waals surface area contributed by atoms with Crippen LogP contribution < -0.4 is 0 Å². The molecule has 0 fully saturated rings. The third kappa shape index (κ3) is 2.94. The van der Waals surface area contributed by atoms with Gasteiger partial charge in [-0.1, -0.05) is 34.9 Å². The van der Waals surface area contributed by atoms with Crippen LogP contribution in [-0.4, -0.2) is 27.8 Å². The summed E-state index contributed by atoms with van der Waals surface area (Å²) in [5, 5.41) is 23.8. The number of nitrogens with zero attached hydrogens (tertiary/aromatic N) is 4. The number of azide groups is 1. The van der Waals surface area contributed by atoms with Crippen LogP contribution in [0.2, 0.25) is 5.15 Å². The number of aromatic nitrogens is 1. The van der Waals surface area contributed by atoms with Gasteiger partial charge in [-0.3, -0.25) is 0 Å². The highest BCUT2D eigenvalue weighted by atomic mass is 35.5. The second-order valence-corrected chi connectivity index (χ2v) is 4.34. The fourth-order valence-corrected chi connectivity index (χ4v) is 2.00. The Kier molecular flexibility index (Phi) is 4.19. The van der Waals surface area contributed by atoms with Gasteiger partial charge >= 0.3 is 0 Å². The van der Waals surface area contributed by atoms with Crippen molar-refractivity contribution in [3.63, 3.8) is 0 Å². The summed E-state index contributed by atoms with van der Waals surface area (Å²) in [6.45, 7) is -0.235. The van der Waals surface area contributed by atoms with Crippen LogP contribution in [0.4, 0.5) is 0 Å². The predicted octanol–water partition coefficient (Wildman–Crippen LogP) is 2.59. The van der Waals surface area contributed by atoms with Crippen LogP contribution in [0, 0.1) is 0 Å². The zero-order chi connectivity index (χ0) is 13.8. The number of rotatable bonds is 4. The molecule has 0 aliphatic carbocycles. The van der Waals surface area contributed by atoms with Crippen LogP contribution in [0.15, 0.2) is 35.4 Å². The monoisotopic (exact) mass is 278 g/mol. The molecule has 2 N–H and O–H groups in total. The molecule has 0 radical (unpaired) electrons. The van der Waals surface area contributed by atoms with Crippen LogP contribution >= 0.6 is 11.6 Å². The summed E-state index contributed by atoms with van der Waals surface area (Å²) < 4.78 is 0. The molecule has 2 atom stereocenters. The molecule has 0 aliphatic rings. The summed E-state index contributed by atoms with van der Waals surface area (Å²) in [6, 6.07) is 8.96. The molecule has 0 spiro atoms. The summed E-state index contributed by atoms with van der Waals surface area (Å²) in [5.41, 5.74) is 9.20. The first-order chi connectivity index (χ1) is 9.13. The highest BCUT2D eigenvalue weighted by Crippen LogP contribution is 2.27. The topological polar surface area (TPSA) is 102 Å². The van der Waals surface area contributed by atoms with Crippen LogP contribution in [0.5, 0.6) is 0 Å². The zero-order valence-corrected chi connectivity index (χ0v) is 10.6. The Balaban J connectivity index is 2.38. The van der Waals surface area contributed by atoms with Crippen molar-refractivity contribution in [1.82, 2.24) is 4.98 Å². The van der Waals surface area contributed by atoms with Gasteiger partial charge in [-0.2, -0.15) is 0 Å². The predicted molar refractivity (Wildman–Crippen MR) is 71.7 cm³/mol. The second kappa shape index (κ2) is 5.86. The maximum atomic E-state index is 10.00. The SMILES string of the molecule is [N-]=[N+]=NCC(O)C(O)c1cc2ccccc2nc1Cl. The second-order valence-electron chi connectivity index (χ2n) is 3.99. The van der Waals surface area contributed by atoms with Gasteiger partial charge in [-0.15, -0.1) is 0 Å². The van der Waals surface area contributed by atoms with Gasteiger partial charge in [0.05, 0.1) is 18.2 Å². The zero-order valence-electron chi connectivity index (χ0n) is 9.81. The molecule has 6 nitrogen and oxygen atoms in total. The average Bonchev–Trinajstić information content (AvgIpc) is 2.43. The summed E-state index contributed by atoms with van der Waals surface area (Å²) >= 11 is 5.99. The van der Waals surface area contributed by atoms with E-state index in [1.165, 1.54) is 0 Å². The number of pyridine rings is 1. The van der Waals surface area contributed by atoms with E-state index in [9.17, 15) is 10.2 Å². The fourth-order valence-electron chi connectivity index (χ4n) is 1.74. The number of aliphatic hydroxyl groups is 2. The molecule has 1 heterocycles. The number of hydrogen-bond acceptors (Lipinski definition) is 4. The van der Waals surface area contributed by atoms with Crippen molar-refractivity contribution in [3.05, 3.63) is 51.5 Å². The van der Waals surface area contributed by atoms with E-state index in [1.807, 2.05) is 18.2 Å². The molecule has 19 heavy (non-hydrogen) atoms. The maximum absolute atomic E-state index is 10.00. The van der Waals surface area contributed by atoms with Crippen molar-refractivity contribution >= 4 is 22.5 Å². The number of aliphatic hydroxyl groups excluding tert-OH is 2. The van der Waals surface area contributed by atoms with Gasteiger partial charge < -0.3 is 10.2 Å². The smallest absolute Gasteiger partial charge is 0.135 e. The molecule has 2 rings (SSSR count). The van der Waals surface area contributed by atoms with E-state index >= 15 is 0 Å². The summed E-state index contributed by atoms with van der Waals surface area (Å²) in [7, 11) is 0. The minimum atomic E-state index is -1.25. The third-order valence-electron chi connectivity index (χ3n) is 2.72. The standard InChI is InChI=1S/C12H11ClN4O2/c13-12-8(11(19)10(18)6-15-17-14)5-7-3-1-2-4-9(7)16-12/h1-5,10-11,18-19H,6H2. The highest BCUT2D eigenvalue weighted by Gasteiger charge is 2.21. The molecule has 0 aliphatic heterocycles. The lowest BCUT2D eigenvalue weighted by molar-refractivity contribution is 0.0243. The first-order valence-corrected chi connectivity index (χ1v) is 5.93. The Morgan fingerprint density at radius 1 is 1.37 bits per heavy atom. The van der Waals surface area contributed by atoms with Gasteiger partial charge in [0.1, 0.15) is 11.3 Å². The van der Waals surface area contributed by atoms with Crippen molar-refractivity contribution in [2.45, 2.75) is 12.2 Å². The van der Waals surface area contributed by atoms with Crippen LogP contribution in [-0.2, 0) is 0 Å². The van der Waals surface area contributed by atoms with E-state index in [4.69, 9.17) is 17.1 Å². The Morgan fingerprint density at radius 3 is 2.84 bits per heavy atom. The Labute approximate surface area is 113 Å². The van der Waals surface area contributed by atoms with E-state index in [0.717, 1.165) is 5.39 Å². The van der Waals surface area contributed by atoms with Gasteiger partial charge in [-0.25, -0.2) is 4.98 Å². The molecular weight excluding hydrogens is 268 g/mol. The molecule has 1 aromatic heterocycles. The number of hydrogen-bond donors (Lipinski definition) is 2. The normalized spacial score (nSPS) is 13.8. The lowest BCUT2D eigenvalue weighted by Crippen LogP contribution is -2.21. The third-order valence-corrected chi connectivity index (χ3v) is 3.02. The lowest BCUT2D eigenvalue weighted by Gasteiger charge is -2.17. The molecule has 2 unspecified atom stereocenters. The maximum Gasteiger partial charge on any atom is 0.135 e. The van der Waals surface area contributed by atoms with Gasteiger partial charge in [0, 0.05) is 15.9 Å². The molecule has 2 aromatic rings. The van der Waals surface area contributed by atoms with Crippen LogP contribution in [0.25, 0.3) is 21.3 Å². The average molecular weight is 279 g/mol. The van der Waals surface area contributed by atoms with E-state index in [0.29, 0.717) is 11.1 Å².